The van der Waals surface area contributed by atoms with E-state index in [1.54, 1.807) is 0 Å². The number of hydrogen-bond acceptors (Lipinski definition) is 4. The zero-order valence-electron chi connectivity index (χ0n) is 16.3. The Bertz CT molecular complexity index is 571. The minimum absolute atomic E-state index is 0.291. The quantitative estimate of drug-likeness (QED) is 0.870. The molecule has 1 aliphatic carbocycles. The largest absolute Gasteiger partial charge is 0.385 e. The van der Waals surface area contributed by atoms with Crippen LogP contribution in [0.2, 0.25) is 0 Å². The number of anilines is 2. The molecular weight excluding hydrogens is 310 g/mol. The highest BCUT2D eigenvalue weighted by Crippen LogP contribution is 2.30. The number of nitrogens with zero attached hydrogens (tertiary/aromatic N) is 1. The van der Waals surface area contributed by atoms with Crippen molar-refractivity contribution in [3.8, 4) is 0 Å². The molecule has 1 heterocycles. The van der Waals surface area contributed by atoms with Crippen molar-refractivity contribution in [1.82, 2.24) is 0 Å². The fraction of sp³-hybridized carbons (Fsp3) is 0.714. The minimum Gasteiger partial charge on any atom is -0.385 e. The maximum Gasteiger partial charge on any atom is 0.0726 e. The number of benzene rings is 1. The summed E-state index contributed by atoms with van der Waals surface area (Å²) >= 11 is 0. The molecule has 2 fully saturated rings. The molecule has 4 heteroatoms. The first-order valence-electron chi connectivity index (χ1n) is 9.93. The summed E-state index contributed by atoms with van der Waals surface area (Å²) < 4.78 is 5.88. The van der Waals surface area contributed by atoms with E-state index in [0.29, 0.717) is 18.2 Å². The molecule has 25 heavy (non-hydrogen) atoms. The molecule has 0 aromatic heterocycles. The maximum atomic E-state index is 6.02. The second-order valence-electron chi connectivity index (χ2n) is 8.28. The predicted octanol–water partition coefficient (Wildman–Crippen LogP) is 3.85. The van der Waals surface area contributed by atoms with Crippen LogP contribution in [0.15, 0.2) is 12.1 Å². The lowest BCUT2D eigenvalue weighted by atomic mass is 9.86. The van der Waals surface area contributed by atoms with Gasteiger partial charge in [-0.3, -0.25) is 0 Å². The van der Waals surface area contributed by atoms with Gasteiger partial charge >= 0.3 is 0 Å². The Morgan fingerprint density at radius 2 is 1.68 bits per heavy atom. The third-order valence-electron chi connectivity index (χ3n) is 5.78. The van der Waals surface area contributed by atoms with Crippen molar-refractivity contribution in [2.45, 2.75) is 71.6 Å². The normalized spacial score (nSPS) is 30.4. The van der Waals surface area contributed by atoms with Gasteiger partial charge in [0, 0.05) is 37.1 Å². The van der Waals surface area contributed by atoms with Gasteiger partial charge in [-0.15, -0.1) is 0 Å². The average Bonchev–Trinajstić information content (AvgIpc) is 2.56. The minimum atomic E-state index is 0.291. The SMILES string of the molecule is Cc1cc(N2C[C@@H](C)O[C@H](C)C2)c(C)cc1NCC1CCC(N)CC1. The summed E-state index contributed by atoms with van der Waals surface area (Å²) in [7, 11) is 0. The smallest absolute Gasteiger partial charge is 0.0726 e. The molecule has 1 saturated heterocycles. The standard InChI is InChI=1S/C21H35N3O/c1-14-10-21(24-12-16(3)25-17(4)13-24)15(2)9-20(14)23-11-18-5-7-19(22)8-6-18/h9-10,16-19,23H,5-8,11-13,22H2,1-4H3/t16-,17-,18?,19?/m1/s1. The number of ether oxygens (including phenoxy) is 1. The van der Waals surface area contributed by atoms with Crippen molar-refractivity contribution in [2.24, 2.45) is 11.7 Å². The number of hydrogen-bond donors (Lipinski definition) is 2. The van der Waals surface area contributed by atoms with E-state index in [1.807, 2.05) is 0 Å². The van der Waals surface area contributed by atoms with Gasteiger partial charge in [-0.25, -0.2) is 0 Å². The summed E-state index contributed by atoms with van der Waals surface area (Å²) in [6.45, 7) is 11.8. The van der Waals surface area contributed by atoms with Crippen molar-refractivity contribution in [1.29, 1.82) is 0 Å². The van der Waals surface area contributed by atoms with Gasteiger partial charge in [-0.05, 0) is 82.6 Å². The second kappa shape index (κ2) is 7.96. The number of nitrogens with two attached hydrogens (primary N) is 1. The van der Waals surface area contributed by atoms with Gasteiger partial charge in [0.05, 0.1) is 12.2 Å². The van der Waals surface area contributed by atoms with Crippen LogP contribution in [0.5, 0.6) is 0 Å². The van der Waals surface area contributed by atoms with Crippen molar-refractivity contribution in [3.05, 3.63) is 23.3 Å². The molecule has 2 aliphatic rings. The van der Waals surface area contributed by atoms with Gasteiger partial charge in [0.1, 0.15) is 0 Å². The first-order valence-corrected chi connectivity index (χ1v) is 9.93. The van der Waals surface area contributed by atoms with E-state index in [0.717, 1.165) is 25.6 Å². The highest BCUT2D eigenvalue weighted by Gasteiger charge is 2.24. The van der Waals surface area contributed by atoms with Gasteiger partial charge in [0.15, 0.2) is 0 Å². The first-order chi connectivity index (χ1) is 11.9. The van der Waals surface area contributed by atoms with Crippen LogP contribution in [0.25, 0.3) is 0 Å². The molecule has 0 radical (unpaired) electrons. The van der Waals surface area contributed by atoms with Gasteiger partial charge in [0.25, 0.3) is 0 Å². The van der Waals surface area contributed by atoms with Crippen LogP contribution in [-0.4, -0.2) is 37.9 Å². The Hall–Kier alpha value is -1.26. The van der Waals surface area contributed by atoms with Gasteiger partial charge in [-0.2, -0.15) is 0 Å². The molecule has 1 aliphatic heterocycles. The second-order valence-corrected chi connectivity index (χ2v) is 8.28. The zero-order chi connectivity index (χ0) is 18.0. The van der Waals surface area contributed by atoms with Crippen LogP contribution in [0, 0.1) is 19.8 Å². The summed E-state index contributed by atoms with van der Waals surface area (Å²) in [5, 5.41) is 3.70. The molecule has 1 aromatic rings. The van der Waals surface area contributed by atoms with Crippen LogP contribution in [0.4, 0.5) is 11.4 Å². The van der Waals surface area contributed by atoms with Crippen molar-refractivity contribution >= 4 is 11.4 Å². The van der Waals surface area contributed by atoms with Crippen molar-refractivity contribution < 1.29 is 4.74 Å². The van der Waals surface area contributed by atoms with E-state index in [9.17, 15) is 0 Å². The van der Waals surface area contributed by atoms with E-state index >= 15 is 0 Å². The molecular formula is C21H35N3O. The fourth-order valence-corrected chi connectivity index (χ4v) is 4.35. The molecule has 1 saturated carbocycles. The lowest BCUT2D eigenvalue weighted by molar-refractivity contribution is -0.00524. The third-order valence-corrected chi connectivity index (χ3v) is 5.78. The lowest BCUT2D eigenvalue weighted by Crippen LogP contribution is -2.45. The number of morpholine rings is 1. The van der Waals surface area contributed by atoms with Crippen LogP contribution in [0.3, 0.4) is 0 Å². The van der Waals surface area contributed by atoms with Crippen LogP contribution in [-0.2, 0) is 4.74 Å². The summed E-state index contributed by atoms with van der Waals surface area (Å²) in [5.74, 6) is 0.764. The fourth-order valence-electron chi connectivity index (χ4n) is 4.35. The number of rotatable bonds is 4. The summed E-state index contributed by atoms with van der Waals surface area (Å²) in [4.78, 5) is 2.48. The number of nitrogens with one attached hydrogen (secondary N) is 1. The highest BCUT2D eigenvalue weighted by molar-refractivity contribution is 5.65. The molecule has 0 amide bonds. The zero-order valence-corrected chi connectivity index (χ0v) is 16.3. The summed E-state index contributed by atoms with van der Waals surface area (Å²) in [6, 6.07) is 5.10. The van der Waals surface area contributed by atoms with E-state index in [4.69, 9.17) is 10.5 Å². The Kier molecular flexibility index (Phi) is 5.90. The molecule has 1 aromatic carbocycles. The lowest BCUT2D eigenvalue weighted by Gasteiger charge is -2.38. The van der Waals surface area contributed by atoms with Crippen molar-refractivity contribution in [3.63, 3.8) is 0 Å². The molecule has 140 valence electrons. The third kappa shape index (κ3) is 4.68. The Morgan fingerprint density at radius 1 is 1.04 bits per heavy atom. The van der Waals surface area contributed by atoms with Crippen LogP contribution >= 0.6 is 0 Å². The molecule has 2 atom stereocenters. The maximum absolute atomic E-state index is 6.02. The van der Waals surface area contributed by atoms with E-state index in [-0.39, 0.29) is 0 Å². The molecule has 0 spiro atoms. The molecule has 0 bridgehead atoms. The van der Waals surface area contributed by atoms with Crippen molar-refractivity contribution in [2.75, 3.05) is 29.9 Å². The molecule has 3 rings (SSSR count). The summed E-state index contributed by atoms with van der Waals surface area (Å²) in [5.41, 5.74) is 11.3. The van der Waals surface area contributed by atoms with E-state index in [1.165, 1.54) is 48.2 Å². The molecule has 4 nitrogen and oxygen atoms in total. The first kappa shape index (κ1) is 18.5. The highest BCUT2D eigenvalue weighted by atomic mass is 16.5. The average molecular weight is 346 g/mol. The molecule has 3 N–H and O–H groups in total. The van der Waals surface area contributed by atoms with Gasteiger partial charge < -0.3 is 20.7 Å². The Morgan fingerprint density at radius 3 is 2.32 bits per heavy atom. The molecule has 0 unspecified atom stereocenters. The number of aryl methyl sites for hydroxylation is 2. The Labute approximate surface area is 153 Å². The van der Waals surface area contributed by atoms with E-state index < -0.39 is 0 Å². The monoisotopic (exact) mass is 345 g/mol. The Balaban J connectivity index is 1.65. The van der Waals surface area contributed by atoms with Gasteiger partial charge in [-0.1, -0.05) is 0 Å². The summed E-state index contributed by atoms with van der Waals surface area (Å²) in [6.07, 6.45) is 5.45. The predicted molar refractivity (Wildman–Crippen MR) is 107 cm³/mol. The topological polar surface area (TPSA) is 50.5 Å². The van der Waals surface area contributed by atoms with E-state index in [2.05, 4.69) is 50.0 Å². The van der Waals surface area contributed by atoms with Crippen LogP contribution in [0.1, 0.15) is 50.7 Å². The van der Waals surface area contributed by atoms with Gasteiger partial charge in [0.2, 0.25) is 0 Å². The van der Waals surface area contributed by atoms with Crippen LogP contribution < -0.4 is 16.0 Å².